The van der Waals surface area contributed by atoms with Crippen molar-refractivity contribution in [3.8, 4) is 5.75 Å². The van der Waals surface area contributed by atoms with Gasteiger partial charge in [0.25, 0.3) is 0 Å². The molecule has 1 unspecified atom stereocenters. The number of nitrogens with one attached hydrogen (secondary N) is 1. The lowest BCUT2D eigenvalue weighted by molar-refractivity contribution is 0.415. The highest BCUT2D eigenvalue weighted by atomic mass is 16.5. The van der Waals surface area contributed by atoms with Gasteiger partial charge in [0.1, 0.15) is 5.75 Å². The summed E-state index contributed by atoms with van der Waals surface area (Å²) in [6.07, 6.45) is 3.46. The number of anilines is 2. The van der Waals surface area contributed by atoms with Gasteiger partial charge in [-0.05, 0) is 25.0 Å². The number of benzene rings is 1. The molecule has 0 radical (unpaired) electrons. The van der Waals surface area contributed by atoms with E-state index in [0.717, 1.165) is 23.5 Å². The van der Waals surface area contributed by atoms with Crippen LogP contribution in [0.1, 0.15) is 33.1 Å². The number of nitrogens with two attached hydrogens (primary N) is 1. The van der Waals surface area contributed by atoms with Crippen LogP contribution in [-0.2, 0) is 0 Å². The number of rotatable bonds is 6. The van der Waals surface area contributed by atoms with E-state index >= 15 is 0 Å². The summed E-state index contributed by atoms with van der Waals surface area (Å²) in [5.41, 5.74) is 7.70. The van der Waals surface area contributed by atoms with Gasteiger partial charge in [-0.15, -0.1) is 0 Å². The second-order valence-electron chi connectivity index (χ2n) is 3.99. The first kappa shape index (κ1) is 12.7. The van der Waals surface area contributed by atoms with Crippen molar-refractivity contribution in [2.75, 3.05) is 18.2 Å². The van der Waals surface area contributed by atoms with Gasteiger partial charge in [-0.25, -0.2) is 0 Å². The number of nitrogen functional groups attached to an aromatic ring is 1. The first-order chi connectivity index (χ1) is 7.71. The Kier molecular flexibility index (Phi) is 4.96. The zero-order chi connectivity index (χ0) is 12.0. The van der Waals surface area contributed by atoms with Crippen LogP contribution >= 0.6 is 0 Å². The van der Waals surface area contributed by atoms with Crippen LogP contribution in [0.3, 0.4) is 0 Å². The Bertz CT molecular complexity index is 326. The maximum Gasteiger partial charge on any atom is 0.121 e. The van der Waals surface area contributed by atoms with Crippen LogP contribution in [0, 0.1) is 0 Å². The molecule has 0 aliphatic heterocycles. The highest BCUT2D eigenvalue weighted by Gasteiger charge is 2.07. The molecule has 3 N–H and O–H groups in total. The zero-order valence-electron chi connectivity index (χ0n) is 10.4. The van der Waals surface area contributed by atoms with Gasteiger partial charge >= 0.3 is 0 Å². The first-order valence-electron chi connectivity index (χ1n) is 5.91. The van der Waals surface area contributed by atoms with Gasteiger partial charge < -0.3 is 15.8 Å². The Balaban J connectivity index is 2.72. The molecule has 3 heteroatoms. The average molecular weight is 222 g/mol. The predicted octanol–water partition coefficient (Wildman–Crippen LogP) is 3.27. The Morgan fingerprint density at radius 3 is 2.62 bits per heavy atom. The molecule has 1 aromatic carbocycles. The van der Waals surface area contributed by atoms with E-state index in [0.29, 0.717) is 6.04 Å². The van der Waals surface area contributed by atoms with E-state index in [1.165, 1.54) is 12.8 Å². The van der Waals surface area contributed by atoms with E-state index in [2.05, 4.69) is 19.2 Å². The summed E-state index contributed by atoms with van der Waals surface area (Å²) in [5, 5.41) is 3.47. The molecular weight excluding hydrogens is 200 g/mol. The number of ether oxygens (including phenoxy) is 1. The minimum absolute atomic E-state index is 0.501. The molecular formula is C13H22N2O. The van der Waals surface area contributed by atoms with E-state index in [4.69, 9.17) is 10.5 Å². The molecule has 1 rings (SSSR count). The van der Waals surface area contributed by atoms with Crippen molar-refractivity contribution in [2.45, 2.75) is 39.2 Å². The van der Waals surface area contributed by atoms with Crippen molar-refractivity contribution in [1.82, 2.24) is 0 Å². The fourth-order valence-electron chi connectivity index (χ4n) is 1.75. The van der Waals surface area contributed by atoms with Crippen LogP contribution < -0.4 is 15.8 Å². The van der Waals surface area contributed by atoms with Gasteiger partial charge in [-0.3, -0.25) is 0 Å². The quantitative estimate of drug-likeness (QED) is 0.726. The second kappa shape index (κ2) is 6.26. The zero-order valence-corrected chi connectivity index (χ0v) is 10.4. The summed E-state index contributed by atoms with van der Waals surface area (Å²) in [6.45, 7) is 4.38. The van der Waals surface area contributed by atoms with Gasteiger partial charge in [0.2, 0.25) is 0 Å². The Hall–Kier alpha value is -1.38. The van der Waals surface area contributed by atoms with Crippen LogP contribution in [-0.4, -0.2) is 13.2 Å². The molecule has 0 spiro atoms. The third-order valence-electron chi connectivity index (χ3n) is 2.75. The van der Waals surface area contributed by atoms with Crippen molar-refractivity contribution in [1.29, 1.82) is 0 Å². The smallest absolute Gasteiger partial charge is 0.121 e. The Labute approximate surface area is 98.0 Å². The largest absolute Gasteiger partial charge is 0.497 e. The molecule has 0 aliphatic rings. The number of hydrogen-bond donors (Lipinski definition) is 2. The van der Waals surface area contributed by atoms with Crippen molar-refractivity contribution >= 4 is 11.4 Å². The van der Waals surface area contributed by atoms with Crippen LogP contribution in [0.4, 0.5) is 11.4 Å². The minimum atomic E-state index is 0.501. The summed E-state index contributed by atoms with van der Waals surface area (Å²) in [4.78, 5) is 0. The van der Waals surface area contributed by atoms with Crippen molar-refractivity contribution in [3.05, 3.63) is 18.2 Å². The third kappa shape index (κ3) is 3.33. The fraction of sp³-hybridized carbons (Fsp3) is 0.538. The van der Waals surface area contributed by atoms with Crippen LogP contribution in [0.5, 0.6) is 5.75 Å². The summed E-state index contributed by atoms with van der Waals surface area (Å²) < 4.78 is 5.12. The topological polar surface area (TPSA) is 47.3 Å². The van der Waals surface area contributed by atoms with Crippen LogP contribution in [0.25, 0.3) is 0 Å². The second-order valence-corrected chi connectivity index (χ2v) is 3.99. The summed E-state index contributed by atoms with van der Waals surface area (Å²) in [5.74, 6) is 0.798. The molecule has 90 valence electrons. The van der Waals surface area contributed by atoms with Crippen LogP contribution in [0.15, 0.2) is 18.2 Å². The standard InChI is InChI=1S/C13H22N2O/c1-4-6-10(5-2)15-13-8-7-11(16-3)9-12(13)14/h7-10,15H,4-6,14H2,1-3H3. The fourth-order valence-corrected chi connectivity index (χ4v) is 1.75. The lowest BCUT2D eigenvalue weighted by Gasteiger charge is -2.19. The maximum atomic E-state index is 5.95. The normalized spacial score (nSPS) is 12.2. The minimum Gasteiger partial charge on any atom is -0.497 e. The van der Waals surface area contributed by atoms with Crippen molar-refractivity contribution in [3.63, 3.8) is 0 Å². The molecule has 0 aliphatic carbocycles. The highest BCUT2D eigenvalue weighted by molar-refractivity contribution is 5.68. The molecule has 0 bridgehead atoms. The Morgan fingerprint density at radius 1 is 1.38 bits per heavy atom. The molecule has 1 aromatic rings. The van der Waals surface area contributed by atoms with E-state index in [9.17, 15) is 0 Å². The number of methoxy groups -OCH3 is 1. The molecule has 16 heavy (non-hydrogen) atoms. The molecule has 1 atom stereocenters. The molecule has 0 amide bonds. The maximum absolute atomic E-state index is 5.95. The van der Waals surface area contributed by atoms with Gasteiger partial charge in [0, 0.05) is 12.1 Å². The van der Waals surface area contributed by atoms with E-state index in [1.54, 1.807) is 7.11 Å². The van der Waals surface area contributed by atoms with Crippen LogP contribution in [0.2, 0.25) is 0 Å². The van der Waals surface area contributed by atoms with Crippen molar-refractivity contribution < 1.29 is 4.74 Å². The lowest BCUT2D eigenvalue weighted by Crippen LogP contribution is -2.18. The molecule has 0 saturated heterocycles. The summed E-state index contributed by atoms with van der Waals surface area (Å²) >= 11 is 0. The van der Waals surface area contributed by atoms with E-state index in [1.807, 2.05) is 18.2 Å². The van der Waals surface area contributed by atoms with Gasteiger partial charge in [-0.2, -0.15) is 0 Å². The lowest BCUT2D eigenvalue weighted by atomic mass is 10.1. The molecule has 0 fully saturated rings. The average Bonchev–Trinajstić information content (AvgIpc) is 2.30. The van der Waals surface area contributed by atoms with E-state index < -0.39 is 0 Å². The van der Waals surface area contributed by atoms with Gasteiger partial charge in [0.15, 0.2) is 0 Å². The monoisotopic (exact) mass is 222 g/mol. The summed E-state index contributed by atoms with van der Waals surface area (Å²) in [7, 11) is 1.65. The SMILES string of the molecule is CCCC(CC)Nc1ccc(OC)cc1N. The molecule has 0 saturated carbocycles. The van der Waals surface area contributed by atoms with Gasteiger partial charge in [-0.1, -0.05) is 20.3 Å². The predicted molar refractivity (Wildman–Crippen MR) is 70.0 cm³/mol. The molecule has 0 aromatic heterocycles. The van der Waals surface area contributed by atoms with E-state index in [-0.39, 0.29) is 0 Å². The summed E-state index contributed by atoms with van der Waals surface area (Å²) in [6, 6.07) is 6.26. The molecule has 0 heterocycles. The first-order valence-corrected chi connectivity index (χ1v) is 5.91. The Morgan fingerprint density at radius 2 is 2.12 bits per heavy atom. The third-order valence-corrected chi connectivity index (χ3v) is 2.75. The highest BCUT2D eigenvalue weighted by Crippen LogP contribution is 2.25. The van der Waals surface area contributed by atoms with Crippen molar-refractivity contribution in [2.24, 2.45) is 0 Å². The number of hydrogen-bond acceptors (Lipinski definition) is 3. The molecule has 3 nitrogen and oxygen atoms in total. The van der Waals surface area contributed by atoms with Gasteiger partial charge in [0.05, 0.1) is 18.5 Å².